The number of carbonyl (C=O) groups excluding carboxylic acids is 2. The van der Waals surface area contributed by atoms with Gasteiger partial charge in [-0.2, -0.15) is 5.10 Å². The number of nitrogens with two attached hydrogens (primary N) is 2. The maximum atomic E-state index is 15.0. The fourth-order valence-electron chi connectivity index (χ4n) is 4.66. The number of alkyl halides is 2. The van der Waals surface area contributed by atoms with Crippen LogP contribution < -0.4 is 16.8 Å². The molecule has 0 radical (unpaired) electrons. The van der Waals surface area contributed by atoms with Crippen LogP contribution in [-0.4, -0.2) is 51.5 Å². The minimum atomic E-state index is -3.07. The van der Waals surface area contributed by atoms with E-state index in [2.05, 4.69) is 10.4 Å². The van der Waals surface area contributed by atoms with Gasteiger partial charge in [-0.15, -0.1) is 0 Å². The predicted molar refractivity (Wildman–Crippen MR) is 138 cm³/mol. The van der Waals surface area contributed by atoms with Gasteiger partial charge in [0.25, 0.3) is 17.7 Å². The summed E-state index contributed by atoms with van der Waals surface area (Å²) in [5.74, 6) is -5.07. The number of piperidine rings is 1. The Bertz CT molecular complexity index is 1350. The number of carbonyl (C=O) groups is 2. The molecule has 1 fully saturated rings. The number of rotatable bonds is 7. The quantitative estimate of drug-likeness (QED) is 0.430. The highest BCUT2D eigenvalue weighted by molar-refractivity contribution is 6.03. The Morgan fingerprint density at radius 1 is 1.18 bits per heavy atom. The molecular formula is C27H31F3N6O2. The highest BCUT2D eigenvalue weighted by Gasteiger charge is 2.47. The molecule has 5 N–H and O–H groups in total. The Hall–Kier alpha value is -3.86. The zero-order valence-corrected chi connectivity index (χ0v) is 21.5. The number of likely N-dealkylation sites (tertiary alicyclic amines) is 1. The number of nitrogens with zero attached hydrogens (tertiary/aromatic N) is 3. The number of nitrogen functional groups attached to an aromatic ring is 1. The van der Waals surface area contributed by atoms with Crippen LogP contribution in [0.1, 0.15) is 58.2 Å². The van der Waals surface area contributed by atoms with E-state index < -0.39 is 29.6 Å². The smallest absolute Gasteiger partial charge is 0.272 e. The Morgan fingerprint density at radius 2 is 1.87 bits per heavy atom. The molecule has 4 rings (SSSR count). The Labute approximate surface area is 218 Å². The molecule has 1 aliphatic rings. The minimum absolute atomic E-state index is 0.0254. The van der Waals surface area contributed by atoms with Crippen molar-refractivity contribution in [2.24, 2.45) is 5.73 Å². The number of aromatic nitrogens is 2. The summed E-state index contributed by atoms with van der Waals surface area (Å²) in [6, 6.07) is 9.38. The monoisotopic (exact) mass is 528 g/mol. The second-order valence-electron chi connectivity index (χ2n) is 9.87. The van der Waals surface area contributed by atoms with Crippen molar-refractivity contribution in [2.75, 3.05) is 18.8 Å². The number of anilines is 1. The van der Waals surface area contributed by atoms with E-state index in [0.717, 1.165) is 10.2 Å². The van der Waals surface area contributed by atoms with E-state index in [-0.39, 0.29) is 54.7 Å². The van der Waals surface area contributed by atoms with Crippen LogP contribution in [0.25, 0.3) is 11.3 Å². The molecule has 38 heavy (non-hydrogen) atoms. The third kappa shape index (κ3) is 5.38. The summed E-state index contributed by atoms with van der Waals surface area (Å²) >= 11 is 0. The summed E-state index contributed by atoms with van der Waals surface area (Å²) in [5.41, 5.74) is 13.8. The normalized spacial score (nSPS) is 17.5. The topological polar surface area (TPSA) is 119 Å². The molecular weight excluding hydrogens is 497 g/mol. The van der Waals surface area contributed by atoms with Crippen LogP contribution in [-0.2, 0) is 6.54 Å². The van der Waals surface area contributed by atoms with Crippen molar-refractivity contribution in [2.45, 2.75) is 51.7 Å². The molecule has 0 saturated carbocycles. The molecule has 1 atom stereocenters. The average Bonchev–Trinajstić information content (AvgIpc) is 3.20. The van der Waals surface area contributed by atoms with Gasteiger partial charge in [0, 0.05) is 43.2 Å². The second kappa shape index (κ2) is 10.5. The van der Waals surface area contributed by atoms with Gasteiger partial charge in [-0.05, 0) is 44.0 Å². The molecule has 0 spiro atoms. The van der Waals surface area contributed by atoms with Crippen LogP contribution in [0, 0.1) is 12.7 Å². The average molecular weight is 529 g/mol. The van der Waals surface area contributed by atoms with Crippen LogP contribution in [0.4, 0.5) is 19.0 Å². The summed E-state index contributed by atoms with van der Waals surface area (Å²) in [5, 5.41) is 7.10. The van der Waals surface area contributed by atoms with Gasteiger partial charge in [0.05, 0.1) is 0 Å². The molecule has 1 aliphatic heterocycles. The van der Waals surface area contributed by atoms with Crippen molar-refractivity contribution in [3.63, 3.8) is 0 Å². The number of hydrogen-bond acceptors (Lipinski definition) is 5. The number of benzene rings is 2. The van der Waals surface area contributed by atoms with E-state index in [1.54, 1.807) is 31.2 Å². The molecule has 0 bridgehead atoms. The van der Waals surface area contributed by atoms with Crippen LogP contribution in [0.2, 0.25) is 0 Å². The van der Waals surface area contributed by atoms with Crippen LogP contribution in [0.5, 0.6) is 0 Å². The van der Waals surface area contributed by atoms with Crippen LogP contribution in [0.15, 0.2) is 42.5 Å². The van der Waals surface area contributed by atoms with Crippen molar-refractivity contribution in [3.8, 4) is 11.3 Å². The third-order valence-electron chi connectivity index (χ3n) is 6.97. The predicted octanol–water partition coefficient (Wildman–Crippen LogP) is 3.90. The standard InChI is InChI=1S/C27H31F3N6O2/c1-15(2)35-11-10-27(29,30)21(14-35)36-24(31)22(25(32)37)23(34-36)18-7-5-17(6-8-18)13-33-26(38)20-12-19(28)9-4-16(20)3/h4-9,12,15,21H,10-11,13-14,31H2,1-3H3,(H2,32,37)(H,33,38). The number of primary amides is 1. The summed E-state index contributed by atoms with van der Waals surface area (Å²) in [6.07, 6.45) is -0.355. The van der Waals surface area contributed by atoms with E-state index in [9.17, 15) is 22.8 Å². The number of aryl methyl sites for hydroxylation is 1. The maximum absolute atomic E-state index is 15.0. The zero-order chi connectivity index (χ0) is 27.8. The first-order chi connectivity index (χ1) is 17.9. The summed E-state index contributed by atoms with van der Waals surface area (Å²) in [6.45, 7) is 6.00. The summed E-state index contributed by atoms with van der Waals surface area (Å²) in [4.78, 5) is 26.7. The zero-order valence-electron chi connectivity index (χ0n) is 21.5. The van der Waals surface area contributed by atoms with Gasteiger partial charge in [-0.3, -0.25) is 14.5 Å². The number of hydrogen-bond donors (Lipinski definition) is 3. The van der Waals surface area contributed by atoms with Crippen molar-refractivity contribution in [1.82, 2.24) is 20.0 Å². The highest BCUT2D eigenvalue weighted by atomic mass is 19.3. The molecule has 1 aromatic heterocycles. The van der Waals surface area contributed by atoms with Gasteiger partial charge in [0.15, 0.2) is 0 Å². The Balaban J connectivity index is 1.58. The molecule has 3 aromatic rings. The second-order valence-corrected chi connectivity index (χ2v) is 9.87. The fraction of sp³-hybridized carbons (Fsp3) is 0.370. The number of amides is 2. The van der Waals surface area contributed by atoms with Gasteiger partial charge in [-0.1, -0.05) is 30.3 Å². The SMILES string of the molecule is Cc1ccc(F)cc1C(=O)NCc1ccc(-c2nn(C3CN(C(C)C)CCC3(F)F)c(N)c2C(N)=O)cc1. The first-order valence-electron chi connectivity index (χ1n) is 12.3. The molecule has 2 amide bonds. The lowest BCUT2D eigenvalue weighted by atomic mass is 9.99. The fourth-order valence-corrected chi connectivity index (χ4v) is 4.66. The molecule has 8 nitrogen and oxygen atoms in total. The lowest BCUT2D eigenvalue weighted by Crippen LogP contribution is -2.50. The van der Waals surface area contributed by atoms with Gasteiger partial charge in [0.1, 0.15) is 28.9 Å². The lowest BCUT2D eigenvalue weighted by Gasteiger charge is -2.40. The summed E-state index contributed by atoms with van der Waals surface area (Å²) < 4.78 is 44.5. The first-order valence-corrected chi connectivity index (χ1v) is 12.3. The molecule has 1 saturated heterocycles. The van der Waals surface area contributed by atoms with E-state index in [1.165, 1.54) is 18.2 Å². The van der Waals surface area contributed by atoms with Crippen LogP contribution in [0.3, 0.4) is 0 Å². The molecule has 11 heteroatoms. The van der Waals surface area contributed by atoms with Crippen molar-refractivity contribution >= 4 is 17.6 Å². The first kappa shape index (κ1) is 27.2. The van der Waals surface area contributed by atoms with E-state index in [4.69, 9.17) is 11.5 Å². The van der Waals surface area contributed by atoms with Crippen molar-refractivity contribution in [1.29, 1.82) is 0 Å². The van der Waals surface area contributed by atoms with Gasteiger partial charge in [0.2, 0.25) is 0 Å². The Kier molecular flexibility index (Phi) is 7.50. The van der Waals surface area contributed by atoms with Gasteiger partial charge >= 0.3 is 0 Å². The molecule has 0 aliphatic carbocycles. The minimum Gasteiger partial charge on any atom is -0.383 e. The Morgan fingerprint density at radius 3 is 2.50 bits per heavy atom. The van der Waals surface area contributed by atoms with Crippen LogP contribution >= 0.6 is 0 Å². The van der Waals surface area contributed by atoms with E-state index >= 15 is 0 Å². The number of nitrogens with one attached hydrogen (secondary N) is 1. The highest BCUT2D eigenvalue weighted by Crippen LogP contribution is 2.40. The van der Waals surface area contributed by atoms with Crippen molar-refractivity contribution in [3.05, 3.63) is 70.5 Å². The van der Waals surface area contributed by atoms with Crippen molar-refractivity contribution < 1.29 is 22.8 Å². The largest absolute Gasteiger partial charge is 0.383 e. The molecule has 202 valence electrons. The lowest BCUT2D eigenvalue weighted by molar-refractivity contribution is -0.105. The summed E-state index contributed by atoms with van der Waals surface area (Å²) in [7, 11) is 0. The van der Waals surface area contributed by atoms with E-state index in [1.807, 2.05) is 18.7 Å². The molecule has 2 heterocycles. The van der Waals surface area contributed by atoms with E-state index in [0.29, 0.717) is 11.1 Å². The van der Waals surface area contributed by atoms with Gasteiger partial charge in [-0.25, -0.2) is 17.9 Å². The molecule has 2 aromatic carbocycles. The third-order valence-corrected chi connectivity index (χ3v) is 6.97. The molecule has 1 unspecified atom stereocenters. The maximum Gasteiger partial charge on any atom is 0.272 e. The van der Waals surface area contributed by atoms with Gasteiger partial charge < -0.3 is 16.8 Å². The number of halogens is 3.